The zero-order valence-electron chi connectivity index (χ0n) is 18.4. The standard InChI is InChI=1S/C26H19N3O4S/c1-14-7-9-16(10-8-14)25-28-29-26(33-25)34-15(2)24(32)27-17-11-12-20-21(13-17)23(31)19-6-4-3-5-18(19)22(20)30/h3-13,15H,1-2H3,(H,27,32). The smallest absolute Gasteiger partial charge is 0.277 e. The van der Waals surface area contributed by atoms with Crippen LogP contribution in [0.5, 0.6) is 0 Å². The number of anilines is 1. The van der Waals surface area contributed by atoms with Crippen LogP contribution in [0.2, 0.25) is 0 Å². The van der Waals surface area contributed by atoms with Crippen molar-refractivity contribution in [2.75, 3.05) is 5.32 Å². The van der Waals surface area contributed by atoms with Gasteiger partial charge in [-0.15, -0.1) is 10.2 Å². The summed E-state index contributed by atoms with van der Waals surface area (Å²) >= 11 is 1.14. The van der Waals surface area contributed by atoms with E-state index in [1.54, 1.807) is 49.4 Å². The van der Waals surface area contributed by atoms with E-state index in [4.69, 9.17) is 4.42 Å². The van der Waals surface area contributed by atoms with Gasteiger partial charge in [-0.25, -0.2) is 0 Å². The third kappa shape index (κ3) is 4.04. The van der Waals surface area contributed by atoms with Gasteiger partial charge in [-0.2, -0.15) is 0 Å². The van der Waals surface area contributed by atoms with Gasteiger partial charge < -0.3 is 9.73 Å². The Morgan fingerprint density at radius 3 is 2.24 bits per heavy atom. The number of nitrogens with one attached hydrogen (secondary N) is 1. The number of aromatic nitrogens is 2. The molecule has 0 aliphatic heterocycles. The monoisotopic (exact) mass is 469 g/mol. The van der Waals surface area contributed by atoms with Crippen LogP contribution < -0.4 is 5.32 Å². The molecule has 7 nitrogen and oxygen atoms in total. The van der Waals surface area contributed by atoms with Crippen LogP contribution >= 0.6 is 11.8 Å². The fourth-order valence-corrected chi connectivity index (χ4v) is 4.38. The highest BCUT2D eigenvalue weighted by Crippen LogP contribution is 2.30. The van der Waals surface area contributed by atoms with Gasteiger partial charge in [0.2, 0.25) is 11.8 Å². The first kappa shape index (κ1) is 21.8. The number of thioether (sulfide) groups is 1. The predicted octanol–water partition coefficient (Wildman–Crippen LogP) is 4.94. The fraction of sp³-hybridized carbons (Fsp3) is 0.115. The Balaban J connectivity index is 1.29. The first-order valence-electron chi connectivity index (χ1n) is 10.6. The maximum absolute atomic E-state index is 12.9. The highest BCUT2D eigenvalue weighted by atomic mass is 32.2. The van der Waals surface area contributed by atoms with Gasteiger partial charge in [0, 0.05) is 33.5 Å². The molecular formula is C26H19N3O4S. The van der Waals surface area contributed by atoms with Gasteiger partial charge in [-0.05, 0) is 44.2 Å². The molecule has 0 bridgehead atoms. The summed E-state index contributed by atoms with van der Waals surface area (Å²) in [7, 11) is 0. The Morgan fingerprint density at radius 1 is 0.882 bits per heavy atom. The molecule has 0 radical (unpaired) electrons. The molecule has 0 saturated carbocycles. The lowest BCUT2D eigenvalue weighted by atomic mass is 9.84. The van der Waals surface area contributed by atoms with Crippen molar-refractivity contribution < 1.29 is 18.8 Å². The molecule has 0 fully saturated rings. The van der Waals surface area contributed by atoms with E-state index in [0.717, 1.165) is 22.9 Å². The molecule has 1 aliphatic carbocycles. The summed E-state index contributed by atoms with van der Waals surface area (Å²) < 4.78 is 5.69. The van der Waals surface area contributed by atoms with Crippen molar-refractivity contribution in [2.24, 2.45) is 0 Å². The van der Waals surface area contributed by atoms with E-state index in [-0.39, 0.29) is 28.3 Å². The number of fused-ring (bicyclic) bond motifs is 2. The summed E-state index contributed by atoms with van der Waals surface area (Å²) in [6.45, 7) is 3.72. The molecule has 1 heterocycles. The minimum atomic E-state index is -0.541. The maximum atomic E-state index is 12.9. The number of benzene rings is 3. The Hall–Kier alpha value is -4.04. The van der Waals surface area contributed by atoms with Crippen LogP contribution in [-0.4, -0.2) is 32.9 Å². The van der Waals surface area contributed by atoms with Crippen molar-refractivity contribution in [2.45, 2.75) is 24.3 Å². The summed E-state index contributed by atoms with van der Waals surface area (Å²) in [6, 6.07) is 19.2. The third-order valence-electron chi connectivity index (χ3n) is 5.54. The van der Waals surface area contributed by atoms with Crippen LogP contribution in [0.3, 0.4) is 0 Å². The second-order valence-corrected chi connectivity index (χ2v) is 9.24. The molecule has 0 spiro atoms. The zero-order valence-corrected chi connectivity index (χ0v) is 19.2. The SMILES string of the molecule is Cc1ccc(-c2nnc(SC(C)C(=O)Nc3ccc4c(c3)C(=O)c3ccccc3C4=O)o2)cc1. The number of nitrogens with zero attached hydrogens (tertiary/aromatic N) is 2. The summed E-state index contributed by atoms with van der Waals surface area (Å²) in [4.78, 5) is 38.4. The number of amides is 1. The number of hydrogen-bond acceptors (Lipinski definition) is 7. The first-order valence-corrected chi connectivity index (χ1v) is 11.5. The largest absolute Gasteiger partial charge is 0.411 e. The maximum Gasteiger partial charge on any atom is 0.277 e. The lowest BCUT2D eigenvalue weighted by Gasteiger charge is -2.18. The van der Waals surface area contributed by atoms with Crippen LogP contribution in [0, 0.1) is 6.92 Å². The minimum Gasteiger partial charge on any atom is -0.411 e. The molecule has 8 heteroatoms. The normalized spacial score (nSPS) is 13.2. The van der Waals surface area contributed by atoms with Gasteiger partial charge in [-0.3, -0.25) is 14.4 Å². The molecule has 1 atom stereocenters. The lowest BCUT2D eigenvalue weighted by molar-refractivity contribution is -0.115. The van der Waals surface area contributed by atoms with Crippen LogP contribution in [0.4, 0.5) is 5.69 Å². The molecule has 1 aromatic heterocycles. The third-order valence-corrected chi connectivity index (χ3v) is 6.48. The average molecular weight is 470 g/mol. The quantitative estimate of drug-likeness (QED) is 0.364. The Bertz CT molecular complexity index is 1440. The van der Waals surface area contributed by atoms with E-state index < -0.39 is 5.25 Å². The van der Waals surface area contributed by atoms with Crippen LogP contribution in [0.25, 0.3) is 11.5 Å². The lowest BCUT2D eigenvalue weighted by Crippen LogP contribution is -2.24. The van der Waals surface area contributed by atoms with Gasteiger partial charge in [0.15, 0.2) is 11.6 Å². The van der Waals surface area contributed by atoms with Gasteiger partial charge in [0.25, 0.3) is 5.22 Å². The van der Waals surface area contributed by atoms with E-state index in [9.17, 15) is 14.4 Å². The summed E-state index contributed by atoms with van der Waals surface area (Å²) in [5, 5.41) is 10.6. The molecule has 5 rings (SSSR count). The van der Waals surface area contributed by atoms with E-state index in [0.29, 0.717) is 28.3 Å². The van der Waals surface area contributed by atoms with Gasteiger partial charge >= 0.3 is 0 Å². The Morgan fingerprint density at radius 2 is 1.53 bits per heavy atom. The van der Waals surface area contributed by atoms with Crippen molar-refractivity contribution in [3.8, 4) is 11.5 Å². The number of rotatable bonds is 5. The number of hydrogen-bond donors (Lipinski definition) is 1. The van der Waals surface area contributed by atoms with E-state index in [2.05, 4.69) is 15.5 Å². The molecule has 34 heavy (non-hydrogen) atoms. The molecule has 1 aliphatic rings. The average Bonchev–Trinajstić information content (AvgIpc) is 3.31. The number of aryl methyl sites for hydroxylation is 1. The van der Waals surface area contributed by atoms with Gasteiger partial charge in [-0.1, -0.05) is 53.7 Å². The number of carbonyl (C=O) groups excluding carboxylic acids is 3. The molecule has 0 saturated heterocycles. The summed E-state index contributed by atoms with van der Waals surface area (Å²) in [6.07, 6.45) is 0. The van der Waals surface area contributed by atoms with Crippen LogP contribution in [0.1, 0.15) is 44.3 Å². The Labute approximate surface area is 199 Å². The molecule has 1 N–H and O–H groups in total. The zero-order chi connectivity index (χ0) is 23.8. The van der Waals surface area contributed by atoms with Crippen LogP contribution in [0.15, 0.2) is 76.4 Å². The minimum absolute atomic E-state index is 0.201. The topological polar surface area (TPSA) is 102 Å². The molecule has 3 aromatic carbocycles. The molecule has 168 valence electrons. The van der Waals surface area contributed by atoms with Crippen molar-refractivity contribution in [3.05, 3.63) is 94.5 Å². The molecule has 1 unspecified atom stereocenters. The summed E-state index contributed by atoms with van der Waals surface area (Å²) in [5.41, 5.74) is 3.74. The van der Waals surface area contributed by atoms with E-state index in [1.165, 1.54) is 0 Å². The van der Waals surface area contributed by atoms with Crippen molar-refractivity contribution in [1.82, 2.24) is 10.2 Å². The van der Waals surface area contributed by atoms with E-state index in [1.807, 2.05) is 31.2 Å². The van der Waals surface area contributed by atoms with Crippen LogP contribution in [-0.2, 0) is 4.79 Å². The predicted molar refractivity (Wildman–Crippen MR) is 128 cm³/mol. The highest BCUT2D eigenvalue weighted by molar-refractivity contribution is 8.00. The molecular weight excluding hydrogens is 450 g/mol. The second-order valence-electron chi connectivity index (χ2n) is 7.95. The van der Waals surface area contributed by atoms with E-state index >= 15 is 0 Å². The summed E-state index contributed by atoms with van der Waals surface area (Å²) in [5.74, 6) is -0.353. The first-order chi connectivity index (χ1) is 16.4. The van der Waals surface area contributed by atoms with Crippen molar-refractivity contribution in [3.63, 3.8) is 0 Å². The number of carbonyl (C=O) groups is 3. The Kier molecular flexibility index (Phi) is 5.59. The van der Waals surface area contributed by atoms with Gasteiger partial charge in [0.1, 0.15) is 0 Å². The van der Waals surface area contributed by atoms with Crippen molar-refractivity contribution >= 4 is 34.9 Å². The number of ketones is 2. The highest BCUT2D eigenvalue weighted by Gasteiger charge is 2.29. The van der Waals surface area contributed by atoms with Crippen molar-refractivity contribution in [1.29, 1.82) is 0 Å². The fourth-order valence-electron chi connectivity index (χ4n) is 3.70. The molecule has 1 amide bonds. The second kappa shape index (κ2) is 8.72. The van der Waals surface area contributed by atoms with Gasteiger partial charge in [0.05, 0.1) is 5.25 Å². The molecule has 4 aromatic rings.